The quantitative estimate of drug-likeness (QED) is 0.0445. The first-order chi connectivity index (χ1) is 21.6. The lowest BCUT2D eigenvalue weighted by atomic mass is 10.0. The van der Waals surface area contributed by atoms with Crippen LogP contribution in [0.5, 0.6) is 0 Å². The third-order valence-electron chi connectivity index (χ3n) is 7.64. The van der Waals surface area contributed by atoms with E-state index in [1.165, 1.54) is 77.0 Å². The summed E-state index contributed by atoms with van der Waals surface area (Å²) in [5, 5.41) is 0. The minimum absolute atomic E-state index is 0.00466. The maximum absolute atomic E-state index is 12.5. The molecule has 0 spiro atoms. The molecule has 0 N–H and O–H groups in total. The molecule has 0 heterocycles. The molecule has 0 aliphatic rings. The first-order valence-corrected chi connectivity index (χ1v) is 18.3. The van der Waals surface area contributed by atoms with Crippen LogP contribution in [0.15, 0.2) is 72.9 Å². The lowest BCUT2D eigenvalue weighted by Crippen LogP contribution is -2.20. The van der Waals surface area contributed by atoms with Crippen molar-refractivity contribution in [3.05, 3.63) is 72.9 Å². The summed E-state index contributed by atoms with van der Waals surface area (Å²) < 4.78 is 5.98. The van der Waals surface area contributed by atoms with Gasteiger partial charge in [0.15, 0.2) is 0 Å². The maximum Gasteiger partial charge on any atom is 0.306 e. The zero-order valence-corrected chi connectivity index (χ0v) is 29.5. The van der Waals surface area contributed by atoms with Gasteiger partial charge in [-0.3, -0.25) is 4.79 Å². The molecule has 0 aliphatic heterocycles. The average molecular weight is 610 g/mol. The molecule has 3 nitrogen and oxygen atoms in total. The molecule has 44 heavy (non-hydrogen) atoms. The second-order valence-electron chi connectivity index (χ2n) is 12.3. The Labute approximate surface area is 274 Å². The zero-order valence-electron chi connectivity index (χ0n) is 29.5. The van der Waals surface area contributed by atoms with Gasteiger partial charge in [-0.2, -0.15) is 0 Å². The Bertz CT molecular complexity index is 734. The fourth-order valence-electron chi connectivity index (χ4n) is 5.03. The van der Waals surface area contributed by atoms with Crippen LogP contribution in [0.3, 0.4) is 0 Å². The summed E-state index contributed by atoms with van der Waals surface area (Å²) in [4.78, 5) is 14.6. The van der Waals surface area contributed by atoms with E-state index in [0.29, 0.717) is 6.42 Å². The lowest BCUT2D eigenvalue weighted by molar-refractivity contribution is -0.150. The normalized spacial score (nSPS) is 12.8. The molecule has 0 unspecified atom stereocenters. The van der Waals surface area contributed by atoms with Crippen molar-refractivity contribution in [3.63, 3.8) is 0 Å². The Kier molecular flexibility index (Phi) is 33.6. The van der Waals surface area contributed by atoms with E-state index in [1.807, 2.05) is 0 Å². The molecule has 0 rings (SSSR count). The molecular formula is C41H71NO2. The van der Waals surface area contributed by atoms with E-state index in [9.17, 15) is 4.79 Å². The molecule has 3 heteroatoms. The van der Waals surface area contributed by atoms with Crippen LogP contribution in [0.1, 0.15) is 155 Å². The van der Waals surface area contributed by atoms with Crippen LogP contribution in [0, 0.1) is 0 Å². The highest BCUT2D eigenvalue weighted by molar-refractivity contribution is 5.69. The van der Waals surface area contributed by atoms with Crippen LogP contribution in [0.4, 0.5) is 0 Å². The number of rotatable bonds is 31. The topological polar surface area (TPSA) is 29.5 Å². The average Bonchev–Trinajstić information content (AvgIpc) is 3.00. The monoisotopic (exact) mass is 610 g/mol. The van der Waals surface area contributed by atoms with E-state index in [0.717, 1.165) is 64.3 Å². The molecule has 0 bridgehead atoms. The van der Waals surface area contributed by atoms with Gasteiger partial charge in [-0.1, -0.05) is 125 Å². The van der Waals surface area contributed by atoms with E-state index >= 15 is 0 Å². The zero-order chi connectivity index (χ0) is 32.2. The Hall–Kier alpha value is -2.13. The van der Waals surface area contributed by atoms with Crippen molar-refractivity contribution in [1.82, 2.24) is 4.90 Å². The maximum atomic E-state index is 12.5. The van der Waals surface area contributed by atoms with Crippen molar-refractivity contribution in [2.75, 3.05) is 20.6 Å². The van der Waals surface area contributed by atoms with Crippen LogP contribution in [-0.4, -0.2) is 37.6 Å². The van der Waals surface area contributed by atoms with E-state index in [1.54, 1.807) is 0 Å². The summed E-state index contributed by atoms with van der Waals surface area (Å²) in [6.07, 6.45) is 52.0. The fourth-order valence-corrected chi connectivity index (χ4v) is 5.03. The summed E-state index contributed by atoms with van der Waals surface area (Å²) in [5.74, 6) is -0.00466. The van der Waals surface area contributed by atoms with Crippen molar-refractivity contribution < 1.29 is 9.53 Å². The molecule has 0 aromatic rings. The molecule has 0 atom stereocenters. The molecule has 0 fully saturated rings. The van der Waals surface area contributed by atoms with E-state index < -0.39 is 0 Å². The predicted molar refractivity (Wildman–Crippen MR) is 196 cm³/mol. The van der Waals surface area contributed by atoms with Crippen molar-refractivity contribution in [1.29, 1.82) is 0 Å². The summed E-state index contributed by atoms with van der Waals surface area (Å²) in [6, 6.07) is 0. The summed E-state index contributed by atoms with van der Waals surface area (Å²) >= 11 is 0. The highest BCUT2D eigenvalue weighted by Gasteiger charge is 2.14. The molecule has 252 valence electrons. The molecule has 0 saturated heterocycles. The Morgan fingerprint density at radius 3 is 1.34 bits per heavy atom. The third kappa shape index (κ3) is 34.4. The van der Waals surface area contributed by atoms with Gasteiger partial charge in [0, 0.05) is 6.42 Å². The molecule has 0 radical (unpaired) electrons. The summed E-state index contributed by atoms with van der Waals surface area (Å²) in [5.41, 5.74) is 0. The molecule has 0 aromatic carbocycles. The van der Waals surface area contributed by atoms with Crippen molar-refractivity contribution in [2.45, 2.75) is 161 Å². The largest absolute Gasteiger partial charge is 0.462 e. The molecule has 0 amide bonds. The van der Waals surface area contributed by atoms with Gasteiger partial charge in [-0.25, -0.2) is 0 Å². The smallest absolute Gasteiger partial charge is 0.306 e. The minimum Gasteiger partial charge on any atom is -0.462 e. The molecular weight excluding hydrogens is 538 g/mol. The van der Waals surface area contributed by atoms with Gasteiger partial charge in [-0.15, -0.1) is 0 Å². The number of allylic oxidation sites excluding steroid dienone is 12. The number of nitrogens with zero attached hydrogens (tertiary/aromatic N) is 1. The Morgan fingerprint density at radius 1 is 0.523 bits per heavy atom. The van der Waals surface area contributed by atoms with E-state index in [2.05, 4.69) is 106 Å². The van der Waals surface area contributed by atoms with Crippen LogP contribution in [0.25, 0.3) is 0 Å². The van der Waals surface area contributed by atoms with E-state index in [4.69, 9.17) is 4.74 Å². The van der Waals surface area contributed by atoms with Gasteiger partial charge >= 0.3 is 5.97 Å². The Balaban J connectivity index is 4.09. The van der Waals surface area contributed by atoms with Crippen LogP contribution < -0.4 is 0 Å². The van der Waals surface area contributed by atoms with Crippen molar-refractivity contribution in [2.24, 2.45) is 0 Å². The number of esters is 1. The van der Waals surface area contributed by atoms with Gasteiger partial charge in [-0.05, 0) is 117 Å². The molecule has 0 aromatic heterocycles. The van der Waals surface area contributed by atoms with Gasteiger partial charge in [0.1, 0.15) is 6.10 Å². The SMILES string of the molecule is CC/C=C\C/C=C\C/C=C\CCCCCCCC(CCCCCCC/C=C\C/C=C\C/C=C\CC)OC(=O)CCCN(C)C. The number of carbonyl (C=O) groups is 1. The number of hydrogen-bond acceptors (Lipinski definition) is 3. The number of hydrogen-bond donors (Lipinski definition) is 0. The number of unbranched alkanes of at least 4 members (excludes halogenated alkanes) is 10. The second kappa shape index (κ2) is 35.4. The second-order valence-corrected chi connectivity index (χ2v) is 12.3. The third-order valence-corrected chi connectivity index (χ3v) is 7.64. The Morgan fingerprint density at radius 2 is 0.909 bits per heavy atom. The lowest BCUT2D eigenvalue weighted by Gasteiger charge is -2.18. The summed E-state index contributed by atoms with van der Waals surface area (Å²) in [7, 11) is 4.11. The van der Waals surface area contributed by atoms with E-state index in [-0.39, 0.29) is 12.1 Å². The predicted octanol–water partition coefficient (Wildman–Crippen LogP) is 12.4. The standard InChI is InChI=1S/C41H71NO2/c1-5-7-9-11-13-15-17-19-21-23-25-27-29-31-33-36-40(44-41(43)38-35-39-42(3)4)37-34-32-30-28-26-24-22-20-18-16-14-12-10-8-6-2/h7-10,13-16,19-22,40H,5-6,11-12,17-18,23-39H2,1-4H3/b9-7-,10-8-,15-13-,16-14-,21-19-,22-20-. The van der Waals surface area contributed by atoms with Crippen molar-refractivity contribution >= 4 is 5.97 Å². The molecule has 0 aliphatic carbocycles. The highest BCUT2D eigenvalue weighted by Crippen LogP contribution is 2.18. The first-order valence-electron chi connectivity index (χ1n) is 18.3. The van der Waals surface area contributed by atoms with Gasteiger partial charge in [0.25, 0.3) is 0 Å². The van der Waals surface area contributed by atoms with Gasteiger partial charge in [0.2, 0.25) is 0 Å². The number of carbonyl (C=O) groups excluding carboxylic acids is 1. The van der Waals surface area contributed by atoms with Crippen LogP contribution in [0.2, 0.25) is 0 Å². The van der Waals surface area contributed by atoms with Gasteiger partial charge < -0.3 is 9.64 Å². The minimum atomic E-state index is -0.00466. The molecule has 0 saturated carbocycles. The highest BCUT2D eigenvalue weighted by atomic mass is 16.5. The van der Waals surface area contributed by atoms with Gasteiger partial charge in [0.05, 0.1) is 0 Å². The first kappa shape index (κ1) is 41.9. The van der Waals surface area contributed by atoms with Crippen LogP contribution in [-0.2, 0) is 9.53 Å². The summed E-state index contributed by atoms with van der Waals surface area (Å²) in [6.45, 7) is 5.28. The number of ether oxygens (including phenoxy) is 1. The van der Waals surface area contributed by atoms with Crippen molar-refractivity contribution in [3.8, 4) is 0 Å². The van der Waals surface area contributed by atoms with Crippen LogP contribution >= 0.6 is 0 Å². The fraction of sp³-hybridized carbons (Fsp3) is 0.683.